The van der Waals surface area contributed by atoms with E-state index in [-0.39, 0.29) is 12.3 Å². The molecule has 0 aromatic carbocycles. The largest absolute Gasteiger partial charge is 0.389 e. The molecule has 0 spiro atoms. The van der Waals surface area contributed by atoms with E-state index in [0.717, 1.165) is 3.79 Å². The van der Waals surface area contributed by atoms with Gasteiger partial charge in [0, 0.05) is 13.1 Å². The minimum Gasteiger partial charge on any atom is -0.389 e. The number of aliphatic hydroxyl groups excluding tert-OH is 2. The number of carbonyl (C=O) groups is 1. The zero-order valence-electron chi connectivity index (χ0n) is 8.47. The first-order valence-electron chi connectivity index (χ1n) is 4.93. The molecule has 1 aliphatic rings. The lowest BCUT2D eigenvalue weighted by atomic mass is 10.3. The third kappa shape index (κ3) is 2.70. The molecular formula is C10H12BrNO3S. The van der Waals surface area contributed by atoms with Gasteiger partial charge in [-0.25, -0.2) is 0 Å². The van der Waals surface area contributed by atoms with Crippen molar-refractivity contribution in [1.29, 1.82) is 0 Å². The van der Waals surface area contributed by atoms with Crippen LogP contribution in [0, 0.1) is 0 Å². The van der Waals surface area contributed by atoms with Crippen LogP contribution in [0.4, 0.5) is 0 Å². The molecule has 16 heavy (non-hydrogen) atoms. The zero-order chi connectivity index (χ0) is 11.7. The molecule has 2 heterocycles. The number of β-amino-alcohol motifs (C(OH)–C–C–N with tert-alkyl or cyclic N) is 2. The normalized spacial score (nSPS) is 26.2. The van der Waals surface area contributed by atoms with Crippen LogP contribution in [0.1, 0.15) is 9.67 Å². The predicted octanol–water partition coefficient (Wildman–Crippen LogP) is 0.731. The van der Waals surface area contributed by atoms with E-state index in [1.807, 2.05) is 6.07 Å². The summed E-state index contributed by atoms with van der Waals surface area (Å²) < 4.78 is 0.928. The Balaban J connectivity index is 1.93. The Kier molecular flexibility index (Phi) is 3.76. The van der Waals surface area contributed by atoms with Crippen molar-refractivity contribution < 1.29 is 15.0 Å². The molecule has 2 N–H and O–H groups in total. The lowest BCUT2D eigenvalue weighted by Gasteiger charge is -2.12. The van der Waals surface area contributed by atoms with Crippen LogP contribution in [0.2, 0.25) is 0 Å². The van der Waals surface area contributed by atoms with Gasteiger partial charge in [-0.3, -0.25) is 9.69 Å². The molecule has 0 radical (unpaired) electrons. The standard InChI is InChI=1S/C10H12BrNO3S/c11-10-2-1-9(16-10)8(15)5-12-3-6(13)7(14)4-12/h1-2,6-7,13-14H,3-5H2. The summed E-state index contributed by atoms with van der Waals surface area (Å²) in [5.74, 6) is 0.0250. The van der Waals surface area contributed by atoms with Crippen LogP contribution in [0.15, 0.2) is 15.9 Å². The zero-order valence-corrected chi connectivity index (χ0v) is 10.9. The van der Waals surface area contributed by atoms with Gasteiger partial charge in [0.1, 0.15) is 0 Å². The molecule has 88 valence electrons. The smallest absolute Gasteiger partial charge is 0.186 e. The monoisotopic (exact) mass is 305 g/mol. The van der Waals surface area contributed by atoms with Crippen LogP contribution in [0.5, 0.6) is 0 Å². The van der Waals surface area contributed by atoms with Crippen molar-refractivity contribution in [3.8, 4) is 0 Å². The Labute approximate surface area is 106 Å². The van der Waals surface area contributed by atoms with E-state index in [9.17, 15) is 15.0 Å². The van der Waals surface area contributed by atoms with Gasteiger partial charge in [0.15, 0.2) is 5.78 Å². The lowest BCUT2D eigenvalue weighted by molar-refractivity contribution is 0.0572. The summed E-state index contributed by atoms with van der Waals surface area (Å²) in [5.41, 5.74) is 0. The topological polar surface area (TPSA) is 60.8 Å². The second-order valence-corrected chi connectivity index (χ2v) is 6.32. The molecule has 4 nitrogen and oxygen atoms in total. The minimum absolute atomic E-state index is 0.0250. The number of ketones is 1. The fourth-order valence-corrected chi connectivity index (χ4v) is 3.04. The first kappa shape index (κ1) is 12.2. The number of halogens is 1. The lowest BCUT2D eigenvalue weighted by Crippen LogP contribution is -2.28. The molecule has 0 aliphatic carbocycles. The maximum atomic E-state index is 11.8. The summed E-state index contributed by atoms with van der Waals surface area (Å²) in [6.45, 7) is 0.972. The van der Waals surface area contributed by atoms with Gasteiger partial charge in [0.05, 0.1) is 27.4 Å². The van der Waals surface area contributed by atoms with Crippen LogP contribution in [0.3, 0.4) is 0 Å². The maximum absolute atomic E-state index is 11.8. The molecule has 2 unspecified atom stereocenters. The third-order valence-corrected chi connectivity index (χ3v) is 4.21. The van der Waals surface area contributed by atoms with Crippen LogP contribution in [-0.4, -0.2) is 52.7 Å². The highest BCUT2D eigenvalue weighted by molar-refractivity contribution is 9.11. The molecule has 1 aliphatic heterocycles. The molecule has 2 rings (SSSR count). The van der Waals surface area contributed by atoms with Crippen molar-refractivity contribution in [3.63, 3.8) is 0 Å². The number of thiophene rings is 1. The van der Waals surface area contributed by atoms with E-state index in [4.69, 9.17) is 0 Å². The van der Waals surface area contributed by atoms with Crippen molar-refractivity contribution in [2.24, 2.45) is 0 Å². The first-order chi connectivity index (χ1) is 7.56. The molecule has 6 heteroatoms. The molecule has 1 aromatic rings. The number of rotatable bonds is 3. The summed E-state index contributed by atoms with van der Waals surface area (Å²) in [6.07, 6.45) is -1.47. The predicted molar refractivity (Wildman–Crippen MR) is 64.8 cm³/mol. The van der Waals surface area contributed by atoms with Gasteiger partial charge < -0.3 is 10.2 Å². The van der Waals surface area contributed by atoms with Crippen molar-refractivity contribution in [1.82, 2.24) is 4.90 Å². The maximum Gasteiger partial charge on any atom is 0.186 e. The number of hydrogen-bond donors (Lipinski definition) is 2. The second kappa shape index (κ2) is 4.93. The van der Waals surface area contributed by atoms with Crippen LogP contribution in [-0.2, 0) is 0 Å². The number of carbonyl (C=O) groups excluding carboxylic acids is 1. The van der Waals surface area contributed by atoms with E-state index >= 15 is 0 Å². The van der Waals surface area contributed by atoms with Gasteiger partial charge in [-0.2, -0.15) is 0 Å². The fraction of sp³-hybridized carbons (Fsp3) is 0.500. The fourth-order valence-electron chi connectivity index (χ4n) is 1.72. The van der Waals surface area contributed by atoms with Crippen molar-refractivity contribution in [3.05, 3.63) is 20.8 Å². The van der Waals surface area contributed by atoms with Gasteiger partial charge >= 0.3 is 0 Å². The molecule has 0 saturated carbocycles. The number of likely N-dealkylation sites (tertiary alicyclic amines) is 1. The van der Waals surface area contributed by atoms with E-state index in [1.54, 1.807) is 11.0 Å². The molecule has 1 fully saturated rings. The highest BCUT2D eigenvalue weighted by atomic mass is 79.9. The number of hydrogen-bond acceptors (Lipinski definition) is 5. The molecule has 2 atom stereocenters. The highest BCUT2D eigenvalue weighted by Gasteiger charge is 2.30. The Morgan fingerprint density at radius 3 is 2.56 bits per heavy atom. The van der Waals surface area contributed by atoms with Gasteiger partial charge in [-0.15, -0.1) is 11.3 Å². The summed E-state index contributed by atoms with van der Waals surface area (Å²) in [6, 6.07) is 3.62. The van der Waals surface area contributed by atoms with Gasteiger partial charge in [0.25, 0.3) is 0 Å². The van der Waals surface area contributed by atoms with Crippen LogP contribution in [0.25, 0.3) is 0 Å². The Morgan fingerprint density at radius 2 is 2.06 bits per heavy atom. The van der Waals surface area contributed by atoms with Crippen molar-refractivity contribution in [2.45, 2.75) is 12.2 Å². The average molecular weight is 306 g/mol. The number of aliphatic hydroxyl groups is 2. The molecule has 1 saturated heterocycles. The van der Waals surface area contributed by atoms with Crippen molar-refractivity contribution in [2.75, 3.05) is 19.6 Å². The molecule has 0 amide bonds. The molecule has 1 aromatic heterocycles. The van der Waals surface area contributed by atoms with Gasteiger partial charge in [0.2, 0.25) is 0 Å². The Bertz CT molecular complexity index is 385. The number of nitrogens with zero attached hydrogens (tertiary/aromatic N) is 1. The molecule has 0 bridgehead atoms. The van der Waals surface area contributed by atoms with Gasteiger partial charge in [-0.05, 0) is 28.1 Å². The summed E-state index contributed by atoms with van der Waals surface area (Å²) in [7, 11) is 0. The van der Waals surface area contributed by atoms with E-state index in [0.29, 0.717) is 18.0 Å². The average Bonchev–Trinajstić information content (AvgIpc) is 2.75. The quantitative estimate of drug-likeness (QED) is 0.808. The first-order valence-corrected chi connectivity index (χ1v) is 6.54. The van der Waals surface area contributed by atoms with E-state index < -0.39 is 12.2 Å². The summed E-state index contributed by atoms with van der Waals surface area (Å²) in [4.78, 5) is 14.3. The second-order valence-electron chi connectivity index (χ2n) is 3.86. The summed E-state index contributed by atoms with van der Waals surface area (Å²) >= 11 is 4.70. The van der Waals surface area contributed by atoms with E-state index in [1.165, 1.54) is 11.3 Å². The van der Waals surface area contributed by atoms with Crippen LogP contribution < -0.4 is 0 Å². The third-order valence-electron chi connectivity index (χ3n) is 2.55. The van der Waals surface area contributed by atoms with E-state index in [2.05, 4.69) is 15.9 Å². The Hall–Kier alpha value is -0.270. The highest BCUT2D eigenvalue weighted by Crippen LogP contribution is 2.23. The number of Topliss-reactive ketones (excluding diaryl/α,β-unsaturated/α-hetero) is 1. The van der Waals surface area contributed by atoms with Gasteiger partial charge in [-0.1, -0.05) is 0 Å². The van der Waals surface area contributed by atoms with Crippen molar-refractivity contribution >= 4 is 33.0 Å². The summed E-state index contributed by atoms with van der Waals surface area (Å²) in [5, 5.41) is 18.7. The minimum atomic E-state index is -0.733. The molecular weight excluding hydrogens is 294 g/mol. The SMILES string of the molecule is O=C(CN1CC(O)C(O)C1)c1ccc(Br)s1. The Morgan fingerprint density at radius 1 is 1.44 bits per heavy atom. The van der Waals surface area contributed by atoms with Crippen LogP contribution >= 0.6 is 27.3 Å².